The summed E-state index contributed by atoms with van der Waals surface area (Å²) in [6.45, 7) is 9.07. The van der Waals surface area contributed by atoms with Crippen LogP contribution >= 0.6 is 0 Å². The molecule has 0 amide bonds. The van der Waals surface area contributed by atoms with E-state index in [4.69, 9.17) is 28.4 Å². The molecule has 13 nitrogen and oxygen atoms in total. The topological polar surface area (TPSA) is 161 Å². The standard InChI is InChI=1S/C52H93NO12/c1-4-7-10-13-15-17-28-40-60-46(54)31-22-19-24-34-49(57)63-43-52(42-62-48(56)33-21-12-9-6-3,45-65-51(59)36-30-39-53-37-26-27-38-53)44-64-50(58)35-25-20-23-32-47(55)61-41-29-18-16-14-11-8-5-2/h4-45H2,1-3H3. The number of unbranched alkanes of at least 4 members (excludes halogenated alkanes) is 19. The second-order valence-corrected chi connectivity index (χ2v) is 18.4. The first kappa shape index (κ1) is 59.8. The molecule has 0 aliphatic carbocycles. The van der Waals surface area contributed by atoms with Crippen LogP contribution < -0.4 is 0 Å². The van der Waals surface area contributed by atoms with Gasteiger partial charge in [0, 0.05) is 38.5 Å². The van der Waals surface area contributed by atoms with Gasteiger partial charge in [0.25, 0.3) is 0 Å². The van der Waals surface area contributed by atoms with E-state index in [1.807, 2.05) is 0 Å². The van der Waals surface area contributed by atoms with Crippen LogP contribution in [0.4, 0.5) is 0 Å². The van der Waals surface area contributed by atoms with E-state index in [1.54, 1.807) is 0 Å². The van der Waals surface area contributed by atoms with Gasteiger partial charge in [0.05, 0.1) is 13.2 Å². The first-order chi connectivity index (χ1) is 31.6. The molecule has 0 spiro atoms. The SMILES string of the molecule is CCCCCCCCCOC(=O)CCCCCC(=O)OCC(COC(=O)CCCCCC)(COC(=O)CCCCCC(=O)OCCCCCCCCC)COC(=O)CCCN1CCCC1. The Balaban J connectivity index is 2.74. The van der Waals surface area contributed by atoms with Crippen molar-refractivity contribution in [3.8, 4) is 0 Å². The van der Waals surface area contributed by atoms with Crippen molar-refractivity contribution < 1.29 is 57.2 Å². The van der Waals surface area contributed by atoms with Gasteiger partial charge in [-0.05, 0) is 83.8 Å². The van der Waals surface area contributed by atoms with Gasteiger partial charge < -0.3 is 33.3 Å². The Hall–Kier alpha value is -3.22. The highest BCUT2D eigenvalue weighted by atomic mass is 16.6. The fourth-order valence-corrected chi connectivity index (χ4v) is 7.69. The number of carbonyl (C=O) groups is 6. The molecule has 1 saturated heterocycles. The molecule has 0 radical (unpaired) electrons. The number of hydrogen-bond acceptors (Lipinski definition) is 13. The fraction of sp³-hybridized carbons (Fsp3) is 0.885. The summed E-state index contributed by atoms with van der Waals surface area (Å²) in [4.78, 5) is 78.8. The van der Waals surface area contributed by atoms with E-state index in [9.17, 15) is 28.8 Å². The quantitative estimate of drug-likeness (QED) is 0.0323. The average Bonchev–Trinajstić information content (AvgIpc) is 3.82. The lowest BCUT2D eigenvalue weighted by Gasteiger charge is -2.31. The van der Waals surface area contributed by atoms with Crippen LogP contribution in [0.25, 0.3) is 0 Å². The number of ether oxygens (including phenoxy) is 6. The Morgan fingerprint density at radius 1 is 0.338 bits per heavy atom. The van der Waals surface area contributed by atoms with E-state index in [0.717, 1.165) is 90.3 Å². The van der Waals surface area contributed by atoms with Gasteiger partial charge in [0.15, 0.2) is 0 Å². The van der Waals surface area contributed by atoms with Crippen LogP contribution in [-0.4, -0.2) is 100.0 Å². The summed E-state index contributed by atoms with van der Waals surface area (Å²) in [6, 6.07) is 0. The van der Waals surface area contributed by atoms with Crippen molar-refractivity contribution in [1.29, 1.82) is 0 Å². The summed E-state index contributed by atoms with van der Waals surface area (Å²) in [5, 5.41) is 0. The largest absolute Gasteiger partial charge is 0.466 e. The first-order valence-corrected chi connectivity index (χ1v) is 26.3. The summed E-state index contributed by atoms with van der Waals surface area (Å²) in [6.07, 6.45) is 27.3. The van der Waals surface area contributed by atoms with Crippen LogP contribution in [0.1, 0.15) is 233 Å². The zero-order valence-electron chi connectivity index (χ0n) is 41.5. The van der Waals surface area contributed by atoms with Crippen molar-refractivity contribution in [2.24, 2.45) is 5.41 Å². The highest BCUT2D eigenvalue weighted by Gasteiger charge is 2.38. The van der Waals surface area contributed by atoms with Crippen LogP contribution in [0.15, 0.2) is 0 Å². The molecule has 1 aliphatic heterocycles. The molecule has 1 aliphatic rings. The lowest BCUT2D eigenvalue weighted by molar-refractivity contribution is -0.171. The Morgan fingerprint density at radius 3 is 0.938 bits per heavy atom. The van der Waals surface area contributed by atoms with Gasteiger partial charge in [-0.2, -0.15) is 0 Å². The van der Waals surface area contributed by atoms with Crippen molar-refractivity contribution in [1.82, 2.24) is 4.90 Å². The number of likely N-dealkylation sites (tertiary alicyclic amines) is 1. The molecular weight excluding hydrogens is 831 g/mol. The Kier molecular flexibility index (Phi) is 38.8. The maximum atomic E-state index is 13.1. The van der Waals surface area contributed by atoms with E-state index in [-0.39, 0.29) is 64.0 Å². The van der Waals surface area contributed by atoms with Crippen molar-refractivity contribution in [2.75, 3.05) is 59.3 Å². The molecule has 0 atom stereocenters. The minimum absolute atomic E-state index is 0.100. The van der Waals surface area contributed by atoms with Crippen molar-refractivity contribution in [2.45, 2.75) is 233 Å². The molecule has 65 heavy (non-hydrogen) atoms. The molecule has 378 valence electrons. The molecule has 0 aromatic carbocycles. The van der Waals surface area contributed by atoms with Gasteiger partial charge in [-0.15, -0.1) is 0 Å². The lowest BCUT2D eigenvalue weighted by Crippen LogP contribution is -2.44. The van der Waals surface area contributed by atoms with Crippen LogP contribution in [0.5, 0.6) is 0 Å². The van der Waals surface area contributed by atoms with E-state index >= 15 is 0 Å². The Morgan fingerprint density at radius 2 is 0.600 bits per heavy atom. The van der Waals surface area contributed by atoms with E-state index in [1.165, 1.54) is 51.4 Å². The minimum Gasteiger partial charge on any atom is -0.466 e. The zero-order chi connectivity index (χ0) is 47.5. The average molecular weight is 924 g/mol. The second kappa shape index (κ2) is 42.2. The Labute approximate surface area is 394 Å². The molecular formula is C52H93NO12. The second-order valence-electron chi connectivity index (χ2n) is 18.4. The van der Waals surface area contributed by atoms with Crippen LogP contribution in [0.3, 0.4) is 0 Å². The van der Waals surface area contributed by atoms with Gasteiger partial charge in [-0.1, -0.05) is 130 Å². The van der Waals surface area contributed by atoms with E-state index < -0.39 is 29.3 Å². The van der Waals surface area contributed by atoms with Crippen molar-refractivity contribution in [3.05, 3.63) is 0 Å². The highest BCUT2D eigenvalue weighted by molar-refractivity contribution is 5.71. The molecule has 1 rings (SSSR count). The van der Waals surface area contributed by atoms with Gasteiger partial charge in [-0.3, -0.25) is 28.8 Å². The zero-order valence-corrected chi connectivity index (χ0v) is 41.5. The highest BCUT2D eigenvalue weighted by Crippen LogP contribution is 2.24. The van der Waals surface area contributed by atoms with Crippen LogP contribution in [-0.2, 0) is 57.2 Å². The fourth-order valence-electron chi connectivity index (χ4n) is 7.69. The normalized spacial score (nSPS) is 12.8. The number of hydrogen-bond donors (Lipinski definition) is 0. The molecule has 1 heterocycles. The molecule has 0 aromatic heterocycles. The molecule has 0 bridgehead atoms. The summed E-state index contributed by atoms with van der Waals surface area (Å²) >= 11 is 0. The number of nitrogens with zero attached hydrogens (tertiary/aromatic N) is 1. The summed E-state index contributed by atoms with van der Waals surface area (Å²) in [7, 11) is 0. The van der Waals surface area contributed by atoms with Crippen LogP contribution in [0, 0.1) is 5.41 Å². The van der Waals surface area contributed by atoms with Crippen LogP contribution in [0.2, 0.25) is 0 Å². The monoisotopic (exact) mass is 924 g/mol. The molecule has 13 heteroatoms. The molecule has 0 N–H and O–H groups in total. The maximum Gasteiger partial charge on any atom is 0.305 e. The third-order valence-electron chi connectivity index (χ3n) is 12.0. The van der Waals surface area contributed by atoms with E-state index in [0.29, 0.717) is 77.4 Å². The van der Waals surface area contributed by atoms with Crippen molar-refractivity contribution >= 4 is 35.8 Å². The third kappa shape index (κ3) is 36.6. The third-order valence-corrected chi connectivity index (χ3v) is 12.0. The van der Waals surface area contributed by atoms with Gasteiger partial charge in [-0.25, -0.2) is 0 Å². The first-order valence-electron chi connectivity index (χ1n) is 26.3. The lowest BCUT2D eigenvalue weighted by atomic mass is 9.92. The molecule has 0 aromatic rings. The summed E-state index contributed by atoms with van der Waals surface area (Å²) in [5.41, 5.74) is -1.33. The smallest absolute Gasteiger partial charge is 0.305 e. The number of rotatable bonds is 45. The minimum atomic E-state index is -1.33. The molecule has 0 saturated carbocycles. The van der Waals surface area contributed by atoms with Gasteiger partial charge >= 0.3 is 35.8 Å². The van der Waals surface area contributed by atoms with Crippen molar-refractivity contribution in [3.63, 3.8) is 0 Å². The van der Waals surface area contributed by atoms with E-state index in [2.05, 4.69) is 25.7 Å². The van der Waals surface area contributed by atoms with Gasteiger partial charge in [0.2, 0.25) is 0 Å². The molecule has 0 unspecified atom stereocenters. The predicted molar refractivity (Wildman–Crippen MR) is 254 cm³/mol. The van der Waals surface area contributed by atoms with Gasteiger partial charge in [0.1, 0.15) is 31.8 Å². The number of carbonyl (C=O) groups excluding carboxylic acids is 6. The molecule has 1 fully saturated rings. The Bertz CT molecular complexity index is 1180. The summed E-state index contributed by atoms with van der Waals surface area (Å²) < 4.78 is 33.7. The number of esters is 6. The maximum absolute atomic E-state index is 13.1. The predicted octanol–water partition coefficient (Wildman–Crippen LogP) is 11.5. The summed E-state index contributed by atoms with van der Waals surface area (Å²) in [5.74, 6) is -2.30.